The average molecular weight is 509 g/mol. The van der Waals surface area contributed by atoms with Gasteiger partial charge in [0.15, 0.2) is 0 Å². The molecule has 0 aromatic rings. The minimum atomic E-state index is 1.24. The summed E-state index contributed by atoms with van der Waals surface area (Å²) in [7, 11) is 4.91. The molecule has 0 unspecified atom stereocenters. The maximum absolute atomic E-state index is 2.46. The van der Waals surface area contributed by atoms with Crippen LogP contribution in [0.2, 0.25) is 0 Å². The van der Waals surface area contributed by atoms with Gasteiger partial charge in [0.25, 0.3) is 0 Å². The summed E-state index contributed by atoms with van der Waals surface area (Å²) in [6, 6.07) is 0. The van der Waals surface area contributed by atoms with Crippen molar-refractivity contribution in [2.45, 2.75) is 200 Å². The van der Waals surface area contributed by atoms with Crippen LogP contribution in [-0.2, 0) is 0 Å². The average Bonchev–Trinajstić information content (AvgIpc) is 2.86. The molecule has 0 radical (unpaired) electrons. The zero-order valence-corrected chi connectivity index (χ0v) is 26.4. The minimum Gasteiger partial charge on any atom is -0.328 e. The number of unbranched alkanes of at least 4 members (excludes halogenated alkanes) is 27. The largest absolute Gasteiger partial charge is 0.328 e. The van der Waals surface area contributed by atoms with E-state index in [1.54, 1.807) is 0 Å². The van der Waals surface area contributed by atoms with Crippen LogP contribution in [0.15, 0.2) is 0 Å². The quantitative estimate of drug-likeness (QED) is 0.0645. The van der Waals surface area contributed by atoms with E-state index in [0.717, 1.165) is 0 Å². The molecule has 0 rings (SSSR count). The molecule has 0 aromatic heterocycles. The van der Waals surface area contributed by atoms with E-state index < -0.39 is 0 Å². The molecular formula is C35H74N+. The van der Waals surface area contributed by atoms with Crippen molar-refractivity contribution in [1.82, 2.24) is 0 Å². The van der Waals surface area contributed by atoms with Gasteiger partial charge in [0.1, 0.15) is 0 Å². The molecule has 1 heteroatoms. The molecule has 36 heavy (non-hydrogen) atoms. The highest BCUT2D eigenvalue weighted by Gasteiger charge is 2.13. The molecule has 0 fully saturated rings. The first-order valence-electron chi connectivity index (χ1n) is 17.4. The number of hydrogen-bond acceptors (Lipinski definition) is 0. The van der Waals surface area contributed by atoms with Gasteiger partial charge in [0, 0.05) is 0 Å². The molecule has 1 nitrogen and oxygen atoms in total. The van der Waals surface area contributed by atoms with Crippen LogP contribution in [0.1, 0.15) is 200 Å². The Morgan fingerprint density at radius 1 is 0.250 bits per heavy atom. The Labute approximate surface area is 231 Å². The fourth-order valence-corrected chi connectivity index (χ4v) is 5.76. The summed E-state index contributed by atoms with van der Waals surface area (Å²) in [5.74, 6) is 0. The van der Waals surface area contributed by atoms with Gasteiger partial charge in [-0.1, -0.05) is 174 Å². The molecule has 0 N–H and O–H groups in total. The van der Waals surface area contributed by atoms with Gasteiger partial charge in [-0.25, -0.2) is 0 Å². The minimum absolute atomic E-state index is 1.24. The van der Waals surface area contributed by atoms with Gasteiger partial charge in [-0.2, -0.15) is 0 Å². The van der Waals surface area contributed by atoms with Crippen molar-refractivity contribution in [3.8, 4) is 0 Å². The van der Waals surface area contributed by atoms with Gasteiger partial charge >= 0.3 is 0 Å². The Morgan fingerprint density at radius 2 is 0.417 bits per heavy atom. The number of rotatable bonds is 31. The predicted molar refractivity (Wildman–Crippen MR) is 167 cm³/mol. The Hall–Kier alpha value is -0.0400. The Bertz CT molecular complexity index is 388. The second-order valence-electron chi connectivity index (χ2n) is 12.9. The zero-order valence-electron chi connectivity index (χ0n) is 26.4. The fraction of sp³-hybridized carbons (Fsp3) is 1.00. The summed E-state index contributed by atoms with van der Waals surface area (Å²) in [5.41, 5.74) is 0. The van der Waals surface area contributed by atoms with Gasteiger partial charge < -0.3 is 4.48 Å². The summed E-state index contributed by atoms with van der Waals surface area (Å²) < 4.78 is 1.24. The third-order valence-corrected chi connectivity index (χ3v) is 8.48. The van der Waals surface area contributed by atoms with Crippen LogP contribution in [0.5, 0.6) is 0 Å². The lowest BCUT2D eigenvalue weighted by molar-refractivity contribution is -0.890. The molecule has 0 heterocycles. The van der Waals surface area contributed by atoms with Crippen LogP contribution < -0.4 is 0 Å². The van der Waals surface area contributed by atoms with Gasteiger partial charge in [0.2, 0.25) is 0 Å². The Morgan fingerprint density at radius 3 is 0.611 bits per heavy atom. The summed E-state index contributed by atoms with van der Waals surface area (Å²) in [6.45, 7) is 7.38. The molecule has 0 aromatic carbocycles. The predicted octanol–water partition coefficient (Wildman–Crippen LogP) is 12.4. The number of hydrogen-bond donors (Lipinski definition) is 0. The maximum Gasteiger partial charge on any atom is 0.0782 e. The molecule has 0 aliphatic carbocycles. The van der Waals surface area contributed by atoms with Crippen LogP contribution in [0.4, 0.5) is 0 Å². The van der Waals surface area contributed by atoms with Crippen LogP contribution in [-0.4, -0.2) is 31.7 Å². The van der Waals surface area contributed by atoms with Gasteiger partial charge in [-0.15, -0.1) is 0 Å². The van der Waals surface area contributed by atoms with Crippen LogP contribution >= 0.6 is 0 Å². The van der Waals surface area contributed by atoms with E-state index in [9.17, 15) is 0 Å². The molecule has 0 atom stereocenters. The van der Waals surface area contributed by atoms with Crippen molar-refractivity contribution in [2.75, 3.05) is 27.2 Å². The highest BCUT2D eigenvalue weighted by molar-refractivity contribution is 4.52. The van der Waals surface area contributed by atoms with Crippen molar-refractivity contribution < 1.29 is 4.48 Å². The molecule has 0 amide bonds. The van der Waals surface area contributed by atoms with Crippen LogP contribution in [0, 0.1) is 0 Å². The summed E-state index contributed by atoms with van der Waals surface area (Å²) in [4.78, 5) is 0. The molecule has 218 valence electrons. The molecule has 0 saturated heterocycles. The molecule has 0 spiro atoms. The molecule has 0 saturated carbocycles. The number of quaternary nitrogens is 1. The maximum atomic E-state index is 2.46. The monoisotopic (exact) mass is 509 g/mol. The lowest BCUT2D eigenvalue weighted by Crippen LogP contribution is -2.41. The number of nitrogens with zero attached hydrogens (tertiary/aromatic N) is 1. The van der Waals surface area contributed by atoms with E-state index in [4.69, 9.17) is 0 Å². The fourth-order valence-electron chi connectivity index (χ4n) is 5.76. The lowest BCUT2D eigenvalue weighted by atomic mass is 10.0. The van der Waals surface area contributed by atoms with Crippen molar-refractivity contribution in [3.63, 3.8) is 0 Å². The smallest absolute Gasteiger partial charge is 0.0782 e. The third kappa shape index (κ3) is 30.2. The Balaban J connectivity index is 3.22. The summed E-state index contributed by atoms with van der Waals surface area (Å²) >= 11 is 0. The van der Waals surface area contributed by atoms with E-state index in [-0.39, 0.29) is 0 Å². The second kappa shape index (κ2) is 29.5. The Kier molecular flexibility index (Phi) is 29.5. The molecule has 0 aliphatic rings. The third-order valence-electron chi connectivity index (χ3n) is 8.48. The van der Waals surface area contributed by atoms with E-state index in [0.29, 0.717) is 0 Å². The first-order chi connectivity index (χ1) is 17.6. The second-order valence-corrected chi connectivity index (χ2v) is 12.9. The van der Waals surface area contributed by atoms with E-state index in [1.165, 1.54) is 204 Å². The SMILES string of the molecule is CCCCCCCCCCCCCCCCCCCCCCC[N+](C)(C)CCCCCCCCCC. The van der Waals surface area contributed by atoms with Crippen molar-refractivity contribution in [3.05, 3.63) is 0 Å². The molecular weight excluding hydrogens is 434 g/mol. The van der Waals surface area contributed by atoms with E-state index in [2.05, 4.69) is 27.9 Å². The standard InChI is InChI=1S/C35H74N/c1-5-7-9-11-13-15-16-17-18-19-20-21-22-23-24-25-26-27-29-31-33-35-36(3,4)34-32-30-28-14-12-10-8-6-2/h5-35H2,1-4H3/q+1. The van der Waals surface area contributed by atoms with E-state index in [1.807, 2.05) is 0 Å². The van der Waals surface area contributed by atoms with Crippen molar-refractivity contribution in [1.29, 1.82) is 0 Å². The molecule has 0 bridgehead atoms. The normalized spacial score (nSPS) is 12.0. The summed E-state index contributed by atoms with van der Waals surface area (Å²) in [5, 5.41) is 0. The highest BCUT2D eigenvalue weighted by atomic mass is 15.3. The first kappa shape index (κ1) is 36.0. The molecule has 0 aliphatic heterocycles. The van der Waals surface area contributed by atoms with E-state index >= 15 is 0 Å². The van der Waals surface area contributed by atoms with Gasteiger partial charge in [-0.05, 0) is 25.7 Å². The lowest BCUT2D eigenvalue weighted by Gasteiger charge is -2.30. The highest BCUT2D eigenvalue weighted by Crippen LogP contribution is 2.16. The first-order valence-corrected chi connectivity index (χ1v) is 17.4. The summed E-state index contributed by atoms with van der Waals surface area (Å²) in [6.07, 6.45) is 42.5. The van der Waals surface area contributed by atoms with Crippen molar-refractivity contribution >= 4 is 0 Å². The van der Waals surface area contributed by atoms with Gasteiger partial charge in [0.05, 0.1) is 27.2 Å². The van der Waals surface area contributed by atoms with Crippen molar-refractivity contribution in [2.24, 2.45) is 0 Å². The topological polar surface area (TPSA) is 0 Å². The van der Waals surface area contributed by atoms with Gasteiger partial charge in [-0.3, -0.25) is 0 Å². The zero-order chi connectivity index (χ0) is 26.4. The van der Waals surface area contributed by atoms with Crippen LogP contribution in [0.3, 0.4) is 0 Å². The van der Waals surface area contributed by atoms with Crippen LogP contribution in [0.25, 0.3) is 0 Å².